The van der Waals surface area contributed by atoms with Crippen molar-refractivity contribution < 1.29 is 28.6 Å². The molecule has 3 rings (SSSR count). The van der Waals surface area contributed by atoms with Crippen LogP contribution in [0.2, 0.25) is 0 Å². The van der Waals surface area contributed by atoms with E-state index < -0.39 is 12.1 Å². The molecule has 0 amide bonds. The monoisotopic (exact) mass is 438 g/mol. The topological polar surface area (TPSA) is 103 Å². The molecule has 7 heteroatoms. The Bertz CT molecular complexity index is 1150. The number of fused-ring (bicyclic) bond motifs is 1. The molecular weight excluding hydrogens is 412 g/mol. The summed E-state index contributed by atoms with van der Waals surface area (Å²) in [5, 5.41) is 9.09. The first-order valence-electron chi connectivity index (χ1n) is 10.5. The fourth-order valence-corrected chi connectivity index (χ4v) is 3.14. The Morgan fingerprint density at radius 2 is 1.75 bits per heavy atom. The number of ether oxygens (including phenoxy) is 2. The van der Waals surface area contributed by atoms with Crippen LogP contribution in [-0.2, 0) is 9.59 Å². The number of carboxylic acid groups (broad SMARTS) is 1. The van der Waals surface area contributed by atoms with E-state index in [4.69, 9.17) is 19.0 Å². The van der Waals surface area contributed by atoms with Crippen LogP contribution in [0.1, 0.15) is 39.5 Å². The van der Waals surface area contributed by atoms with Gasteiger partial charge in [-0.3, -0.25) is 14.4 Å². The van der Waals surface area contributed by atoms with E-state index in [1.165, 1.54) is 13.2 Å². The zero-order valence-corrected chi connectivity index (χ0v) is 18.1. The lowest BCUT2D eigenvalue weighted by Crippen LogP contribution is -2.20. The van der Waals surface area contributed by atoms with Crippen LogP contribution in [0.4, 0.5) is 0 Å². The van der Waals surface area contributed by atoms with E-state index in [0.29, 0.717) is 46.6 Å². The molecule has 0 spiro atoms. The summed E-state index contributed by atoms with van der Waals surface area (Å²) in [5.74, 6) is 0.284. The molecule has 168 valence electrons. The van der Waals surface area contributed by atoms with Crippen molar-refractivity contribution in [3.8, 4) is 22.6 Å². The lowest BCUT2D eigenvalue weighted by atomic mass is 10.1. The van der Waals surface area contributed by atoms with Gasteiger partial charge in [-0.15, -0.1) is 0 Å². The van der Waals surface area contributed by atoms with Gasteiger partial charge in [0, 0.05) is 12.5 Å². The van der Waals surface area contributed by atoms with Gasteiger partial charge in [0.05, 0.1) is 17.6 Å². The molecule has 0 fully saturated rings. The van der Waals surface area contributed by atoms with Gasteiger partial charge in [-0.2, -0.15) is 0 Å². The van der Waals surface area contributed by atoms with E-state index >= 15 is 0 Å². The normalized spacial score (nSPS) is 11.8. The highest BCUT2D eigenvalue weighted by atomic mass is 16.5. The van der Waals surface area contributed by atoms with E-state index in [1.54, 1.807) is 49.4 Å². The smallest absolute Gasteiger partial charge is 0.303 e. The van der Waals surface area contributed by atoms with Crippen molar-refractivity contribution in [2.24, 2.45) is 0 Å². The van der Waals surface area contributed by atoms with Crippen molar-refractivity contribution in [2.75, 3.05) is 6.61 Å². The number of carboxylic acids is 1. The summed E-state index contributed by atoms with van der Waals surface area (Å²) < 4.78 is 16.9. The number of carbonyl (C=O) groups is 2. The molecule has 0 saturated carbocycles. The Morgan fingerprint density at radius 1 is 1.03 bits per heavy atom. The van der Waals surface area contributed by atoms with E-state index in [-0.39, 0.29) is 17.6 Å². The number of ketones is 1. The summed E-state index contributed by atoms with van der Waals surface area (Å²) in [6.45, 7) is 3.62. The largest absolute Gasteiger partial charge is 0.493 e. The van der Waals surface area contributed by atoms with Crippen LogP contribution in [0.15, 0.2) is 57.9 Å². The summed E-state index contributed by atoms with van der Waals surface area (Å²) in [5.41, 5.74) is 1.38. The number of rotatable bonds is 11. The maximum absolute atomic E-state index is 13.0. The molecule has 2 aromatic carbocycles. The highest BCUT2D eigenvalue weighted by Crippen LogP contribution is 2.25. The summed E-state index contributed by atoms with van der Waals surface area (Å²) in [7, 11) is 0. The van der Waals surface area contributed by atoms with Crippen molar-refractivity contribution in [2.45, 2.75) is 45.6 Å². The zero-order valence-electron chi connectivity index (χ0n) is 18.1. The molecule has 32 heavy (non-hydrogen) atoms. The van der Waals surface area contributed by atoms with Crippen molar-refractivity contribution in [3.05, 3.63) is 59.0 Å². The van der Waals surface area contributed by atoms with Crippen LogP contribution >= 0.6 is 0 Å². The minimum absolute atomic E-state index is 0.0641. The first-order valence-corrected chi connectivity index (χ1v) is 10.5. The molecule has 0 bridgehead atoms. The Labute approximate surface area is 185 Å². The number of hydrogen-bond donors (Lipinski definition) is 1. The fraction of sp³-hybridized carbons (Fsp3) is 0.320. The second-order valence-corrected chi connectivity index (χ2v) is 7.58. The van der Waals surface area contributed by atoms with Gasteiger partial charge in [-0.25, -0.2) is 0 Å². The lowest BCUT2D eigenvalue weighted by Gasteiger charge is -2.12. The predicted molar refractivity (Wildman–Crippen MR) is 120 cm³/mol. The molecule has 0 radical (unpaired) electrons. The van der Waals surface area contributed by atoms with Gasteiger partial charge in [0.25, 0.3) is 0 Å². The fourth-order valence-electron chi connectivity index (χ4n) is 3.14. The summed E-state index contributed by atoms with van der Waals surface area (Å²) >= 11 is 0. The van der Waals surface area contributed by atoms with Crippen LogP contribution in [0.3, 0.4) is 0 Å². The Balaban J connectivity index is 1.68. The zero-order chi connectivity index (χ0) is 23.1. The molecule has 1 aromatic heterocycles. The Morgan fingerprint density at radius 3 is 2.44 bits per heavy atom. The molecule has 7 nitrogen and oxygen atoms in total. The van der Waals surface area contributed by atoms with E-state index in [1.807, 2.05) is 0 Å². The SMILES string of the molecule is CC(=O)C(C)Oc1ccc(-c2coc3cc(OCCCCCC(=O)O)ccc3c2=O)cc1. The van der Waals surface area contributed by atoms with Crippen LogP contribution in [0.25, 0.3) is 22.1 Å². The number of Topliss-reactive ketones (excluding diaryl/α,β-unsaturated/α-hetero) is 1. The molecule has 0 aliphatic heterocycles. The second kappa shape index (κ2) is 10.6. The third kappa shape index (κ3) is 5.97. The molecule has 1 N–H and O–H groups in total. The summed E-state index contributed by atoms with van der Waals surface area (Å²) in [4.78, 5) is 34.8. The summed E-state index contributed by atoms with van der Waals surface area (Å²) in [6, 6.07) is 12.0. The lowest BCUT2D eigenvalue weighted by molar-refractivity contribution is -0.137. The van der Waals surface area contributed by atoms with Gasteiger partial charge in [0.15, 0.2) is 17.3 Å². The highest BCUT2D eigenvalue weighted by molar-refractivity contribution is 5.83. The second-order valence-electron chi connectivity index (χ2n) is 7.58. The van der Waals surface area contributed by atoms with Gasteiger partial charge < -0.3 is 19.0 Å². The quantitative estimate of drug-likeness (QED) is 0.427. The van der Waals surface area contributed by atoms with Crippen molar-refractivity contribution in [3.63, 3.8) is 0 Å². The summed E-state index contributed by atoms with van der Waals surface area (Å²) in [6.07, 6.45) is 3.20. The van der Waals surface area contributed by atoms with E-state index in [9.17, 15) is 14.4 Å². The van der Waals surface area contributed by atoms with Gasteiger partial charge in [-0.1, -0.05) is 12.1 Å². The van der Waals surface area contributed by atoms with Crippen molar-refractivity contribution >= 4 is 22.7 Å². The maximum atomic E-state index is 13.0. The molecule has 0 saturated heterocycles. The molecule has 0 aliphatic rings. The minimum atomic E-state index is -0.790. The third-order valence-corrected chi connectivity index (χ3v) is 5.10. The predicted octanol–water partition coefficient (Wildman–Crippen LogP) is 4.84. The average molecular weight is 438 g/mol. The van der Waals surface area contributed by atoms with Crippen LogP contribution < -0.4 is 14.9 Å². The van der Waals surface area contributed by atoms with Crippen LogP contribution in [0.5, 0.6) is 11.5 Å². The number of hydrogen-bond acceptors (Lipinski definition) is 6. The molecule has 1 unspecified atom stereocenters. The van der Waals surface area contributed by atoms with Gasteiger partial charge in [0.1, 0.15) is 23.3 Å². The molecule has 0 aliphatic carbocycles. The van der Waals surface area contributed by atoms with E-state index in [0.717, 1.165) is 12.8 Å². The van der Waals surface area contributed by atoms with E-state index in [2.05, 4.69) is 0 Å². The standard InChI is InChI=1S/C25H26O7/c1-16(26)17(2)32-19-9-7-18(8-10-19)22-15-31-23-14-20(11-12-21(23)25(22)29)30-13-5-3-4-6-24(27)28/h7-12,14-15,17H,3-6,13H2,1-2H3,(H,27,28). The first-order chi connectivity index (χ1) is 15.3. The minimum Gasteiger partial charge on any atom is -0.493 e. The Kier molecular flexibility index (Phi) is 7.65. The first kappa shape index (κ1) is 23.1. The van der Waals surface area contributed by atoms with Crippen molar-refractivity contribution in [1.82, 2.24) is 0 Å². The molecular formula is C25H26O7. The maximum Gasteiger partial charge on any atom is 0.303 e. The number of unbranched alkanes of at least 4 members (excludes halogenated alkanes) is 2. The van der Waals surface area contributed by atoms with Crippen LogP contribution in [0, 0.1) is 0 Å². The molecule has 1 heterocycles. The number of aliphatic carboxylic acids is 1. The number of benzene rings is 2. The average Bonchev–Trinajstić information content (AvgIpc) is 2.77. The molecule has 3 aromatic rings. The van der Waals surface area contributed by atoms with Gasteiger partial charge in [-0.05, 0) is 62.9 Å². The third-order valence-electron chi connectivity index (χ3n) is 5.10. The number of carbonyl (C=O) groups excluding carboxylic acids is 1. The highest BCUT2D eigenvalue weighted by Gasteiger charge is 2.12. The Hall–Kier alpha value is -3.61. The van der Waals surface area contributed by atoms with Gasteiger partial charge >= 0.3 is 5.97 Å². The van der Waals surface area contributed by atoms with Gasteiger partial charge in [0.2, 0.25) is 0 Å². The molecule has 1 atom stereocenters. The van der Waals surface area contributed by atoms with Crippen molar-refractivity contribution in [1.29, 1.82) is 0 Å². The van der Waals surface area contributed by atoms with Crippen LogP contribution in [-0.4, -0.2) is 29.6 Å².